The number of hydrogen-bond donors (Lipinski definition) is 0. The van der Waals surface area contributed by atoms with Crippen molar-refractivity contribution in [2.75, 3.05) is 6.61 Å². The quantitative estimate of drug-likeness (QED) is 0.293. The third-order valence-electron chi connectivity index (χ3n) is 4.25. The van der Waals surface area contributed by atoms with E-state index in [0.29, 0.717) is 11.0 Å². The average molecular weight is 271 g/mol. The van der Waals surface area contributed by atoms with Crippen LogP contribution in [0.1, 0.15) is 59.8 Å². The Hall–Kier alpha value is -0.0831. The molecule has 0 aromatic rings. The van der Waals surface area contributed by atoms with E-state index >= 15 is 0 Å². The van der Waals surface area contributed by atoms with Gasteiger partial charge < -0.3 is 4.43 Å². The van der Waals surface area contributed by atoms with Gasteiger partial charge in [0.1, 0.15) is 0 Å². The van der Waals surface area contributed by atoms with Crippen molar-refractivity contribution in [2.24, 2.45) is 5.92 Å². The molecule has 0 spiro atoms. The van der Waals surface area contributed by atoms with Crippen LogP contribution in [0.5, 0.6) is 0 Å². The zero-order chi connectivity index (χ0) is 14.2. The van der Waals surface area contributed by atoms with Crippen LogP contribution in [-0.2, 0) is 4.43 Å². The topological polar surface area (TPSA) is 9.23 Å². The maximum atomic E-state index is 6.20. The first-order valence-corrected chi connectivity index (χ1v) is 10.4. The Labute approximate surface area is 116 Å². The van der Waals surface area contributed by atoms with E-state index in [0.717, 1.165) is 6.61 Å². The van der Waals surface area contributed by atoms with Crippen LogP contribution in [-0.4, -0.2) is 14.9 Å². The van der Waals surface area contributed by atoms with Crippen molar-refractivity contribution < 1.29 is 4.43 Å². The van der Waals surface area contributed by atoms with Crippen LogP contribution < -0.4 is 0 Å². The molecule has 2 heteroatoms. The predicted molar refractivity (Wildman–Crippen MR) is 85.6 cm³/mol. The molecule has 0 aliphatic heterocycles. The molecule has 0 saturated carbocycles. The molecule has 0 aromatic heterocycles. The van der Waals surface area contributed by atoms with Gasteiger partial charge in [-0.25, -0.2) is 0 Å². The maximum absolute atomic E-state index is 6.20. The average Bonchev–Trinajstić information content (AvgIpc) is 2.26. The lowest BCUT2D eigenvalue weighted by Gasteiger charge is -2.36. The zero-order valence-electron chi connectivity index (χ0n) is 13.5. The molecule has 0 heterocycles. The van der Waals surface area contributed by atoms with Crippen molar-refractivity contribution in [2.45, 2.75) is 77.9 Å². The molecule has 0 bridgehead atoms. The Morgan fingerprint density at radius 3 is 2.17 bits per heavy atom. The van der Waals surface area contributed by atoms with Gasteiger partial charge in [-0.1, -0.05) is 46.6 Å². The van der Waals surface area contributed by atoms with Gasteiger partial charge in [0.05, 0.1) is 0 Å². The summed E-state index contributed by atoms with van der Waals surface area (Å²) >= 11 is 0. The lowest BCUT2D eigenvalue weighted by atomic mass is 9.97. The van der Waals surface area contributed by atoms with Crippen LogP contribution in [0.2, 0.25) is 18.1 Å². The molecule has 108 valence electrons. The van der Waals surface area contributed by atoms with Gasteiger partial charge in [0.15, 0.2) is 8.32 Å². The molecule has 0 aliphatic carbocycles. The van der Waals surface area contributed by atoms with Crippen LogP contribution in [0.3, 0.4) is 0 Å². The van der Waals surface area contributed by atoms with Gasteiger partial charge in [-0.05, 0) is 43.3 Å². The van der Waals surface area contributed by atoms with Gasteiger partial charge in [0.2, 0.25) is 0 Å². The normalized spacial score (nSPS) is 14.6. The summed E-state index contributed by atoms with van der Waals surface area (Å²) in [5.74, 6) is 0.688. The Balaban J connectivity index is 3.88. The first kappa shape index (κ1) is 17.9. The molecule has 0 N–H and O–H groups in total. The number of unbranched alkanes of at least 4 members (excludes halogenated alkanes) is 1. The van der Waals surface area contributed by atoms with Crippen LogP contribution in [0.4, 0.5) is 0 Å². The van der Waals surface area contributed by atoms with Gasteiger partial charge in [-0.2, -0.15) is 0 Å². The van der Waals surface area contributed by atoms with E-state index in [2.05, 4.69) is 53.4 Å². The summed E-state index contributed by atoms with van der Waals surface area (Å²) in [6, 6.07) is 0. The highest BCUT2D eigenvalue weighted by atomic mass is 28.4. The van der Waals surface area contributed by atoms with Crippen LogP contribution in [0, 0.1) is 5.92 Å². The third-order valence-corrected chi connectivity index (χ3v) is 8.79. The molecule has 0 fully saturated rings. The molecule has 18 heavy (non-hydrogen) atoms. The Morgan fingerprint density at radius 2 is 1.72 bits per heavy atom. The minimum absolute atomic E-state index is 0.326. The molecule has 0 rings (SSSR count). The summed E-state index contributed by atoms with van der Waals surface area (Å²) in [5, 5.41) is 0.326. The first-order valence-electron chi connectivity index (χ1n) is 7.51. The van der Waals surface area contributed by atoms with E-state index in [-0.39, 0.29) is 0 Å². The molecule has 1 atom stereocenters. The summed E-state index contributed by atoms with van der Waals surface area (Å²) in [6.45, 7) is 18.7. The third kappa shape index (κ3) is 6.74. The fourth-order valence-electron chi connectivity index (χ4n) is 1.74. The lowest BCUT2D eigenvalue weighted by molar-refractivity contribution is 0.271. The minimum atomic E-state index is -1.54. The van der Waals surface area contributed by atoms with Gasteiger partial charge in [0.25, 0.3) is 0 Å². The first-order chi connectivity index (χ1) is 8.24. The molecule has 0 aromatic carbocycles. The molecule has 0 amide bonds. The van der Waals surface area contributed by atoms with Crippen molar-refractivity contribution in [3.63, 3.8) is 0 Å². The Bertz CT molecular complexity index is 228. The SMILES string of the molecule is C=C[C@@H](CCCC)CCCO[Si](C)(C)C(C)(C)C. The predicted octanol–water partition coefficient (Wildman–Crippen LogP) is 5.78. The van der Waals surface area contributed by atoms with E-state index in [1.54, 1.807) is 0 Å². The van der Waals surface area contributed by atoms with E-state index in [1.165, 1.54) is 32.1 Å². The molecule has 0 unspecified atom stereocenters. The number of allylic oxidation sites excluding steroid dienone is 1. The van der Waals surface area contributed by atoms with Crippen molar-refractivity contribution in [1.29, 1.82) is 0 Å². The highest BCUT2D eigenvalue weighted by molar-refractivity contribution is 6.74. The van der Waals surface area contributed by atoms with Crippen LogP contribution in [0.25, 0.3) is 0 Å². The van der Waals surface area contributed by atoms with Gasteiger partial charge in [-0.3, -0.25) is 0 Å². The van der Waals surface area contributed by atoms with Crippen molar-refractivity contribution in [1.82, 2.24) is 0 Å². The Kier molecular flexibility index (Phi) is 8.12. The fourth-order valence-corrected chi connectivity index (χ4v) is 2.82. The largest absolute Gasteiger partial charge is 0.417 e. The highest BCUT2D eigenvalue weighted by Crippen LogP contribution is 2.36. The van der Waals surface area contributed by atoms with E-state index < -0.39 is 8.32 Å². The minimum Gasteiger partial charge on any atom is -0.417 e. The molecule has 0 radical (unpaired) electrons. The van der Waals surface area contributed by atoms with Gasteiger partial charge >= 0.3 is 0 Å². The van der Waals surface area contributed by atoms with Gasteiger partial charge in [-0.15, -0.1) is 6.58 Å². The summed E-state index contributed by atoms with van der Waals surface area (Å²) < 4.78 is 6.20. The second-order valence-electron chi connectivity index (χ2n) is 6.89. The van der Waals surface area contributed by atoms with Crippen molar-refractivity contribution >= 4 is 8.32 Å². The van der Waals surface area contributed by atoms with E-state index in [4.69, 9.17) is 4.43 Å². The monoisotopic (exact) mass is 270 g/mol. The molecule has 0 saturated heterocycles. The molecule has 1 nitrogen and oxygen atoms in total. The Morgan fingerprint density at radius 1 is 1.17 bits per heavy atom. The second kappa shape index (κ2) is 8.16. The summed E-state index contributed by atoms with van der Waals surface area (Å²) in [4.78, 5) is 0. The van der Waals surface area contributed by atoms with Crippen LogP contribution >= 0.6 is 0 Å². The van der Waals surface area contributed by atoms with E-state index in [9.17, 15) is 0 Å². The summed E-state index contributed by atoms with van der Waals surface area (Å²) in [5.41, 5.74) is 0. The fraction of sp³-hybridized carbons (Fsp3) is 0.875. The highest BCUT2D eigenvalue weighted by Gasteiger charge is 2.36. The number of rotatable bonds is 9. The molecular weight excluding hydrogens is 236 g/mol. The van der Waals surface area contributed by atoms with Crippen molar-refractivity contribution in [3.05, 3.63) is 12.7 Å². The zero-order valence-corrected chi connectivity index (χ0v) is 14.5. The van der Waals surface area contributed by atoms with Gasteiger partial charge in [0, 0.05) is 6.61 Å². The lowest BCUT2D eigenvalue weighted by Crippen LogP contribution is -2.41. The molecular formula is C16H34OSi. The van der Waals surface area contributed by atoms with Crippen LogP contribution in [0.15, 0.2) is 12.7 Å². The number of hydrogen-bond acceptors (Lipinski definition) is 1. The summed E-state index contributed by atoms with van der Waals surface area (Å²) in [6.07, 6.45) is 8.43. The second-order valence-corrected chi connectivity index (χ2v) is 11.7. The maximum Gasteiger partial charge on any atom is 0.191 e. The van der Waals surface area contributed by atoms with Crippen molar-refractivity contribution in [3.8, 4) is 0 Å². The summed E-state index contributed by atoms with van der Waals surface area (Å²) in [7, 11) is -1.54. The smallest absolute Gasteiger partial charge is 0.191 e. The van der Waals surface area contributed by atoms with E-state index in [1.807, 2.05) is 0 Å². The standard InChI is InChI=1S/C16H34OSi/c1-8-10-12-15(9-2)13-11-14-17-18(6,7)16(3,4)5/h9,15H,2,8,10-14H2,1,3-7H3/t15-/m0/s1. The molecule has 0 aliphatic rings.